The van der Waals surface area contributed by atoms with E-state index in [1.165, 1.54) is 6.20 Å². The van der Waals surface area contributed by atoms with Crippen LogP contribution in [0.25, 0.3) is 0 Å². The number of aryl methyl sites for hydroxylation is 1. The Hall–Kier alpha value is -2.87. The molecule has 5 nitrogen and oxygen atoms in total. The van der Waals surface area contributed by atoms with Gasteiger partial charge in [0.2, 0.25) is 0 Å². The molecule has 0 bridgehead atoms. The Kier molecular flexibility index (Phi) is 3.96. The van der Waals surface area contributed by atoms with E-state index in [1.807, 2.05) is 19.1 Å². The minimum atomic E-state index is -0.515. The van der Waals surface area contributed by atoms with Crippen LogP contribution in [-0.2, 0) is 11.3 Å². The lowest BCUT2D eigenvalue weighted by Crippen LogP contribution is -2.09. The van der Waals surface area contributed by atoms with Gasteiger partial charge in [-0.15, -0.1) is 0 Å². The SMILES string of the molecule is Cc1ccc(N)c(C(=O)OCc2cccnc2C#N)c1. The molecule has 0 aliphatic rings. The van der Waals surface area contributed by atoms with Crippen LogP contribution in [0.15, 0.2) is 36.5 Å². The fraction of sp³-hybridized carbons (Fsp3) is 0.133. The molecule has 5 heteroatoms. The van der Waals surface area contributed by atoms with Crippen molar-refractivity contribution in [2.24, 2.45) is 0 Å². The molecule has 0 saturated heterocycles. The highest BCUT2D eigenvalue weighted by molar-refractivity contribution is 5.95. The molecule has 100 valence electrons. The Morgan fingerprint density at radius 1 is 1.45 bits per heavy atom. The zero-order valence-corrected chi connectivity index (χ0v) is 11.0. The number of carbonyl (C=O) groups excluding carboxylic acids is 1. The van der Waals surface area contributed by atoms with E-state index in [4.69, 9.17) is 15.7 Å². The molecule has 0 unspecified atom stereocenters. The topological polar surface area (TPSA) is 89.0 Å². The van der Waals surface area contributed by atoms with Gasteiger partial charge in [-0.1, -0.05) is 17.7 Å². The summed E-state index contributed by atoms with van der Waals surface area (Å²) in [6.45, 7) is 1.86. The van der Waals surface area contributed by atoms with Crippen LogP contribution >= 0.6 is 0 Å². The smallest absolute Gasteiger partial charge is 0.340 e. The third kappa shape index (κ3) is 2.93. The predicted molar refractivity (Wildman–Crippen MR) is 73.7 cm³/mol. The molecule has 1 aromatic carbocycles. The van der Waals surface area contributed by atoms with Gasteiger partial charge < -0.3 is 10.5 Å². The maximum Gasteiger partial charge on any atom is 0.340 e. The average molecular weight is 267 g/mol. The van der Waals surface area contributed by atoms with Crippen LogP contribution in [0.3, 0.4) is 0 Å². The number of esters is 1. The molecule has 2 N–H and O–H groups in total. The number of ether oxygens (including phenoxy) is 1. The first kappa shape index (κ1) is 13.6. The molecule has 0 spiro atoms. The summed E-state index contributed by atoms with van der Waals surface area (Å²) in [7, 11) is 0. The summed E-state index contributed by atoms with van der Waals surface area (Å²) in [5, 5.41) is 8.91. The third-order valence-corrected chi connectivity index (χ3v) is 2.78. The number of benzene rings is 1. The Morgan fingerprint density at radius 3 is 3.00 bits per heavy atom. The lowest BCUT2D eigenvalue weighted by molar-refractivity contribution is 0.0473. The summed E-state index contributed by atoms with van der Waals surface area (Å²) in [6.07, 6.45) is 1.52. The Morgan fingerprint density at radius 2 is 2.25 bits per heavy atom. The van der Waals surface area contributed by atoms with Crippen LogP contribution in [-0.4, -0.2) is 11.0 Å². The Balaban J connectivity index is 2.13. The molecule has 0 aliphatic heterocycles. The molecule has 0 radical (unpaired) electrons. The van der Waals surface area contributed by atoms with Gasteiger partial charge in [0.25, 0.3) is 0 Å². The highest BCUT2D eigenvalue weighted by Crippen LogP contribution is 2.16. The van der Waals surface area contributed by atoms with Crippen molar-refractivity contribution in [1.82, 2.24) is 4.98 Å². The molecule has 1 aromatic heterocycles. The minimum absolute atomic E-state index is 0.0110. The Bertz CT molecular complexity index is 690. The number of hydrogen-bond acceptors (Lipinski definition) is 5. The maximum atomic E-state index is 12.0. The number of anilines is 1. The van der Waals surface area contributed by atoms with Crippen LogP contribution in [0.5, 0.6) is 0 Å². The van der Waals surface area contributed by atoms with Crippen molar-refractivity contribution >= 4 is 11.7 Å². The number of rotatable bonds is 3. The zero-order valence-electron chi connectivity index (χ0n) is 11.0. The van der Waals surface area contributed by atoms with Gasteiger partial charge >= 0.3 is 5.97 Å². The normalized spacial score (nSPS) is 9.80. The monoisotopic (exact) mass is 267 g/mol. The molecule has 0 amide bonds. The van der Waals surface area contributed by atoms with Crippen molar-refractivity contribution in [2.75, 3.05) is 5.73 Å². The summed E-state index contributed by atoms with van der Waals surface area (Å²) < 4.78 is 5.18. The van der Waals surface area contributed by atoms with E-state index in [1.54, 1.807) is 24.3 Å². The largest absolute Gasteiger partial charge is 0.457 e. The molecular weight excluding hydrogens is 254 g/mol. The summed E-state index contributed by atoms with van der Waals surface area (Å²) in [5.41, 5.74) is 8.18. The average Bonchev–Trinajstić information content (AvgIpc) is 2.47. The first-order valence-corrected chi connectivity index (χ1v) is 5.99. The molecule has 2 rings (SSSR count). The van der Waals surface area contributed by atoms with Crippen LogP contribution < -0.4 is 5.73 Å². The number of hydrogen-bond donors (Lipinski definition) is 1. The summed E-state index contributed by atoms with van der Waals surface area (Å²) in [6, 6.07) is 10.5. The first-order chi connectivity index (χ1) is 9.61. The van der Waals surface area contributed by atoms with E-state index in [0.717, 1.165) is 5.56 Å². The van der Waals surface area contributed by atoms with Crippen molar-refractivity contribution in [2.45, 2.75) is 13.5 Å². The standard InChI is InChI=1S/C15H13N3O2/c1-10-4-5-13(17)12(7-10)15(19)20-9-11-3-2-6-18-14(11)8-16/h2-7H,9,17H2,1H3. The van der Waals surface area contributed by atoms with Gasteiger partial charge in [-0.25, -0.2) is 9.78 Å². The van der Waals surface area contributed by atoms with Gasteiger partial charge in [0.15, 0.2) is 0 Å². The van der Waals surface area contributed by atoms with Gasteiger partial charge in [0.1, 0.15) is 18.4 Å². The second-order valence-corrected chi connectivity index (χ2v) is 4.29. The molecular formula is C15H13N3O2. The van der Waals surface area contributed by atoms with Gasteiger partial charge in [-0.3, -0.25) is 0 Å². The number of pyridine rings is 1. The minimum Gasteiger partial charge on any atom is -0.457 e. The number of nitrogens with two attached hydrogens (primary N) is 1. The number of nitriles is 1. The third-order valence-electron chi connectivity index (χ3n) is 2.78. The van der Waals surface area contributed by atoms with Crippen LogP contribution in [0.2, 0.25) is 0 Å². The molecule has 1 heterocycles. The summed E-state index contributed by atoms with van der Waals surface area (Å²) in [5.74, 6) is -0.515. The van der Waals surface area contributed by atoms with Crippen molar-refractivity contribution in [3.63, 3.8) is 0 Å². The molecule has 0 fully saturated rings. The molecule has 2 aromatic rings. The zero-order chi connectivity index (χ0) is 14.5. The summed E-state index contributed by atoms with van der Waals surface area (Å²) >= 11 is 0. The van der Waals surface area contributed by atoms with E-state index < -0.39 is 5.97 Å². The van der Waals surface area contributed by atoms with Crippen LogP contribution in [0.4, 0.5) is 5.69 Å². The van der Waals surface area contributed by atoms with Gasteiger partial charge in [-0.2, -0.15) is 5.26 Å². The summed E-state index contributed by atoms with van der Waals surface area (Å²) in [4.78, 5) is 15.9. The number of nitrogen functional groups attached to an aromatic ring is 1. The van der Waals surface area contributed by atoms with E-state index in [9.17, 15) is 4.79 Å². The van der Waals surface area contributed by atoms with E-state index in [0.29, 0.717) is 16.8 Å². The number of aromatic nitrogens is 1. The van der Waals surface area contributed by atoms with Crippen molar-refractivity contribution in [3.05, 3.63) is 58.9 Å². The van der Waals surface area contributed by atoms with Crippen LogP contribution in [0, 0.1) is 18.3 Å². The first-order valence-electron chi connectivity index (χ1n) is 5.99. The van der Waals surface area contributed by atoms with E-state index in [-0.39, 0.29) is 12.3 Å². The molecule has 0 saturated carbocycles. The van der Waals surface area contributed by atoms with Gasteiger partial charge in [0.05, 0.1) is 5.56 Å². The van der Waals surface area contributed by atoms with Crippen molar-refractivity contribution < 1.29 is 9.53 Å². The van der Waals surface area contributed by atoms with E-state index >= 15 is 0 Å². The lowest BCUT2D eigenvalue weighted by Gasteiger charge is -2.08. The Labute approximate surface area is 116 Å². The van der Waals surface area contributed by atoms with Gasteiger partial charge in [-0.05, 0) is 25.1 Å². The van der Waals surface area contributed by atoms with Crippen molar-refractivity contribution in [3.8, 4) is 6.07 Å². The second-order valence-electron chi connectivity index (χ2n) is 4.29. The second kappa shape index (κ2) is 5.85. The highest BCUT2D eigenvalue weighted by atomic mass is 16.5. The molecule has 0 aliphatic carbocycles. The quantitative estimate of drug-likeness (QED) is 0.680. The fourth-order valence-electron chi connectivity index (χ4n) is 1.72. The van der Waals surface area contributed by atoms with Gasteiger partial charge in [0, 0.05) is 17.4 Å². The highest BCUT2D eigenvalue weighted by Gasteiger charge is 2.12. The number of nitrogens with zero attached hydrogens (tertiary/aromatic N) is 2. The maximum absolute atomic E-state index is 12.0. The molecule has 0 atom stereocenters. The van der Waals surface area contributed by atoms with Crippen LogP contribution in [0.1, 0.15) is 27.2 Å². The van der Waals surface area contributed by atoms with Crippen molar-refractivity contribution in [1.29, 1.82) is 5.26 Å². The lowest BCUT2D eigenvalue weighted by atomic mass is 10.1. The molecule has 20 heavy (non-hydrogen) atoms. The fourth-order valence-corrected chi connectivity index (χ4v) is 1.72. The van der Waals surface area contributed by atoms with E-state index in [2.05, 4.69) is 4.98 Å². The number of carbonyl (C=O) groups is 1. The predicted octanol–water partition coefficient (Wildman–Crippen LogP) is 2.20.